The Morgan fingerprint density at radius 3 is 2.45 bits per heavy atom. The smallest absolute Gasteiger partial charge is 0.00673 e. The van der Waals surface area contributed by atoms with Gasteiger partial charge >= 0.3 is 0 Å². The van der Waals surface area contributed by atoms with Crippen LogP contribution in [0.3, 0.4) is 0 Å². The molecule has 0 unspecified atom stereocenters. The zero-order chi connectivity index (χ0) is 7.52. The quantitative estimate of drug-likeness (QED) is 0.653. The van der Waals surface area contributed by atoms with Crippen LogP contribution >= 0.6 is 0 Å². The summed E-state index contributed by atoms with van der Waals surface area (Å²) < 4.78 is 0. The molecule has 0 aromatic carbocycles. The van der Waals surface area contributed by atoms with E-state index in [9.17, 15) is 0 Å². The van der Waals surface area contributed by atoms with Crippen molar-refractivity contribution in [2.45, 2.75) is 44.6 Å². The van der Waals surface area contributed by atoms with Gasteiger partial charge in [0.1, 0.15) is 0 Å². The lowest BCUT2D eigenvalue weighted by Crippen LogP contribution is -2.32. The fourth-order valence-electron chi connectivity index (χ4n) is 1.79. The van der Waals surface area contributed by atoms with Gasteiger partial charge in [0.25, 0.3) is 0 Å². The fourth-order valence-corrected chi connectivity index (χ4v) is 1.79. The third-order valence-corrected chi connectivity index (χ3v) is 2.83. The highest BCUT2D eigenvalue weighted by Gasteiger charge is 2.22. The van der Waals surface area contributed by atoms with Crippen molar-refractivity contribution in [3.8, 4) is 0 Å². The van der Waals surface area contributed by atoms with E-state index >= 15 is 0 Å². The summed E-state index contributed by atoms with van der Waals surface area (Å²) in [6, 6.07) is 0.848. The Hall–Kier alpha value is -0.0400. The van der Waals surface area contributed by atoms with Crippen molar-refractivity contribution in [3.63, 3.8) is 0 Å². The van der Waals surface area contributed by atoms with E-state index in [1.807, 2.05) is 0 Å². The van der Waals surface area contributed by atoms with Gasteiger partial charge in [-0.25, -0.2) is 0 Å². The Balaban J connectivity index is 1.59. The van der Waals surface area contributed by atoms with Crippen LogP contribution in [0.4, 0.5) is 0 Å². The summed E-state index contributed by atoms with van der Waals surface area (Å²) in [6.45, 7) is 1.30. The third-order valence-electron chi connectivity index (χ3n) is 2.83. The van der Waals surface area contributed by atoms with Crippen LogP contribution in [0.15, 0.2) is 0 Å². The predicted octanol–water partition coefficient (Wildman–Crippen LogP) is 2.13. The summed E-state index contributed by atoms with van der Waals surface area (Å²) in [6.07, 6.45) is 10.8. The first-order chi connectivity index (χ1) is 5.45. The number of nitrogens with one attached hydrogen (secondary N) is 1. The second-order valence-electron chi connectivity index (χ2n) is 3.99. The van der Waals surface area contributed by atoms with E-state index in [2.05, 4.69) is 11.7 Å². The van der Waals surface area contributed by atoms with Crippen molar-refractivity contribution in [3.05, 3.63) is 6.42 Å². The molecule has 0 spiro atoms. The highest BCUT2D eigenvalue weighted by Crippen LogP contribution is 2.28. The minimum Gasteiger partial charge on any atom is -0.314 e. The van der Waals surface area contributed by atoms with Crippen LogP contribution in [0, 0.1) is 12.3 Å². The fraction of sp³-hybridized carbons (Fsp3) is 0.900. The summed E-state index contributed by atoms with van der Waals surface area (Å²) >= 11 is 0. The van der Waals surface area contributed by atoms with Crippen LogP contribution in [0.5, 0.6) is 0 Å². The number of hydrogen-bond acceptors (Lipinski definition) is 1. The topological polar surface area (TPSA) is 12.0 Å². The second kappa shape index (κ2) is 3.57. The van der Waals surface area contributed by atoms with Crippen LogP contribution in [-0.2, 0) is 0 Å². The first-order valence-electron chi connectivity index (χ1n) is 5.00. The molecule has 2 aliphatic rings. The van der Waals surface area contributed by atoms with Crippen LogP contribution < -0.4 is 5.32 Å². The molecule has 0 aromatic heterocycles. The van der Waals surface area contributed by atoms with Gasteiger partial charge in [-0.2, -0.15) is 0 Å². The largest absolute Gasteiger partial charge is 0.314 e. The van der Waals surface area contributed by atoms with Crippen molar-refractivity contribution >= 4 is 0 Å². The maximum absolute atomic E-state index is 3.66. The Morgan fingerprint density at radius 1 is 1.09 bits per heavy atom. The molecule has 0 saturated heterocycles. The molecule has 0 amide bonds. The van der Waals surface area contributed by atoms with E-state index in [1.165, 1.54) is 45.1 Å². The minimum atomic E-state index is 0.848. The molecule has 0 aliphatic heterocycles. The maximum Gasteiger partial charge on any atom is 0.00673 e. The highest BCUT2D eigenvalue weighted by atomic mass is 14.9. The molecular formula is C10H18N. The molecule has 63 valence electrons. The van der Waals surface area contributed by atoms with E-state index < -0.39 is 0 Å². The van der Waals surface area contributed by atoms with Crippen LogP contribution in [0.1, 0.15) is 38.5 Å². The van der Waals surface area contributed by atoms with Crippen LogP contribution in [0.2, 0.25) is 0 Å². The second-order valence-corrected chi connectivity index (χ2v) is 3.99. The molecular weight excluding hydrogens is 134 g/mol. The first-order valence-corrected chi connectivity index (χ1v) is 5.00. The molecule has 0 bridgehead atoms. The molecule has 0 heterocycles. The molecule has 2 aliphatic carbocycles. The van der Waals surface area contributed by atoms with Gasteiger partial charge < -0.3 is 5.32 Å². The van der Waals surface area contributed by atoms with Gasteiger partial charge in [-0.15, -0.1) is 0 Å². The van der Waals surface area contributed by atoms with E-state index in [1.54, 1.807) is 0 Å². The lowest BCUT2D eigenvalue weighted by molar-refractivity contribution is 0.408. The number of hydrogen-bond donors (Lipinski definition) is 1. The van der Waals surface area contributed by atoms with E-state index in [-0.39, 0.29) is 0 Å². The average Bonchev–Trinajstić information content (AvgIpc) is 2.86. The average molecular weight is 152 g/mol. The van der Waals surface area contributed by atoms with Gasteiger partial charge in [-0.1, -0.05) is 0 Å². The maximum atomic E-state index is 3.66. The van der Waals surface area contributed by atoms with Crippen molar-refractivity contribution in [1.29, 1.82) is 0 Å². The summed E-state index contributed by atoms with van der Waals surface area (Å²) in [7, 11) is 0. The van der Waals surface area contributed by atoms with E-state index in [0.29, 0.717) is 0 Å². The molecule has 1 heteroatoms. The lowest BCUT2D eigenvalue weighted by Gasteiger charge is -2.22. The predicted molar refractivity (Wildman–Crippen MR) is 47.3 cm³/mol. The minimum absolute atomic E-state index is 0.848. The molecule has 2 fully saturated rings. The van der Waals surface area contributed by atoms with Gasteiger partial charge in [0.2, 0.25) is 0 Å². The van der Waals surface area contributed by atoms with E-state index in [4.69, 9.17) is 0 Å². The normalized spacial score (nSPS) is 27.3. The van der Waals surface area contributed by atoms with Gasteiger partial charge in [-0.05, 0) is 57.4 Å². The molecule has 1 nitrogen and oxygen atoms in total. The van der Waals surface area contributed by atoms with Gasteiger partial charge in [0.15, 0.2) is 0 Å². The van der Waals surface area contributed by atoms with Crippen LogP contribution in [-0.4, -0.2) is 12.6 Å². The molecule has 1 radical (unpaired) electrons. The van der Waals surface area contributed by atoms with Gasteiger partial charge in [0, 0.05) is 6.04 Å². The Morgan fingerprint density at radius 2 is 1.82 bits per heavy atom. The Kier molecular flexibility index (Phi) is 2.47. The summed E-state index contributed by atoms with van der Waals surface area (Å²) in [5, 5.41) is 3.66. The highest BCUT2D eigenvalue weighted by molar-refractivity contribution is 4.83. The van der Waals surface area contributed by atoms with Crippen molar-refractivity contribution in [2.75, 3.05) is 6.54 Å². The standard InChI is InChI=1S/C10H18N/c1-2-4-10(5-3-1)11-8-9-6-7-9/h1,9-11H,2-8H2. The molecule has 2 saturated carbocycles. The summed E-state index contributed by atoms with van der Waals surface area (Å²) in [5.74, 6) is 1.04. The van der Waals surface area contributed by atoms with Gasteiger partial charge in [0.05, 0.1) is 0 Å². The molecule has 1 N–H and O–H groups in total. The van der Waals surface area contributed by atoms with Crippen LogP contribution in [0.25, 0.3) is 0 Å². The third kappa shape index (κ3) is 2.48. The molecule has 0 aromatic rings. The molecule has 2 rings (SSSR count). The van der Waals surface area contributed by atoms with Crippen molar-refractivity contribution in [2.24, 2.45) is 5.92 Å². The Labute approximate surface area is 69.6 Å². The van der Waals surface area contributed by atoms with Crippen molar-refractivity contribution < 1.29 is 0 Å². The first kappa shape index (κ1) is 7.60. The number of rotatable bonds is 3. The SMILES string of the molecule is [CH]1CCC(NCC2CC2)CC1. The molecule has 11 heavy (non-hydrogen) atoms. The summed E-state index contributed by atoms with van der Waals surface area (Å²) in [5.41, 5.74) is 0. The van der Waals surface area contributed by atoms with E-state index in [0.717, 1.165) is 12.0 Å². The van der Waals surface area contributed by atoms with Gasteiger partial charge in [-0.3, -0.25) is 0 Å². The Bertz CT molecular complexity index is 112. The zero-order valence-corrected chi connectivity index (χ0v) is 7.18. The lowest BCUT2D eigenvalue weighted by atomic mass is 9.95. The monoisotopic (exact) mass is 152 g/mol. The summed E-state index contributed by atoms with van der Waals surface area (Å²) in [4.78, 5) is 0. The van der Waals surface area contributed by atoms with Crippen molar-refractivity contribution in [1.82, 2.24) is 5.32 Å². The molecule has 0 atom stereocenters. The zero-order valence-electron chi connectivity index (χ0n) is 7.18.